The zero-order valence-corrected chi connectivity index (χ0v) is 14.8. The first-order valence-electron chi connectivity index (χ1n) is 7.88. The van der Waals surface area contributed by atoms with E-state index in [9.17, 15) is 9.59 Å². The molecule has 1 atom stereocenters. The summed E-state index contributed by atoms with van der Waals surface area (Å²) in [6.45, 7) is 1.85. The van der Waals surface area contributed by atoms with E-state index in [1.807, 2.05) is 31.2 Å². The smallest absolute Gasteiger partial charge is 0.266 e. The standard InChI is InChI=1S/C17H18N6O2S/c1-9(18)8-26-17-22-15(13(14(19)24)16(25)23-17)21-11-4-5-12-10(7-11)3-2-6-20-12/h2-7,9H,8,18H2,1H3,(H2,19,24)(H2,21,22,23,25). The number of carbonyl (C=O) groups is 1. The summed E-state index contributed by atoms with van der Waals surface area (Å²) in [5.41, 5.74) is 11.8. The fourth-order valence-corrected chi connectivity index (χ4v) is 3.08. The van der Waals surface area contributed by atoms with E-state index < -0.39 is 11.5 Å². The molecule has 0 radical (unpaired) electrons. The second-order valence-electron chi connectivity index (χ2n) is 5.78. The van der Waals surface area contributed by atoms with Gasteiger partial charge in [-0.3, -0.25) is 14.6 Å². The minimum atomic E-state index is -0.854. The predicted octanol–water partition coefficient (Wildman–Crippen LogP) is 1.60. The molecule has 0 bridgehead atoms. The number of carbonyl (C=O) groups excluding carboxylic acids is 1. The molecule has 0 fully saturated rings. The van der Waals surface area contributed by atoms with Crippen molar-refractivity contribution in [3.05, 3.63) is 52.4 Å². The lowest BCUT2D eigenvalue weighted by molar-refractivity contribution is 0.0999. The fraction of sp³-hybridized carbons (Fsp3) is 0.176. The number of aromatic amines is 1. The molecule has 1 unspecified atom stereocenters. The van der Waals surface area contributed by atoms with E-state index in [-0.39, 0.29) is 17.4 Å². The van der Waals surface area contributed by atoms with Crippen molar-refractivity contribution in [1.82, 2.24) is 15.0 Å². The summed E-state index contributed by atoms with van der Waals surface area (Å²) >= 11 is 1.30. The van der Waals surface area contributed by atoms with Gasteiger partial charge in [0.1, 0.15) is 5.56 Å². The van der Waals surface area contributed by atoms with E-state index in [0.717, 1.165) is 10.9 Å². The molecule has 26 heavy (non-hydrogen) atoms. The van der Waals surface area contributed by atoms with E-state index in [1.165, 1.54) is 11.8 Å². The molecule has 8 nitrogen and oxygen atoms in total. The van der Waals surface area contributed by atoms with Crippen LogP contribution in [-0.2, 0) is 0 Å². The lowest BCUT2D eigenvalue weighted by Gasteiger charge is -2.11. The molecular weight excluding hydrogens is 352 g/mol. The maximum atomic E-state index is 12.3. The van der Waals surface area contributed by atoms with Gasteiger partial charge in [0.2, 0.25) is 0 Å². The molecule has 2 heterocycles. The fourth-order valence-electron chi connectivity index (χ4n) is 2.34. The maximum absolute atomic E-state index is 12.3. The number of fused-ring (bicyclic) bond motifs is 1. The van der Waals surface area contributed by atoms with Crippen LogP contribution in [0.1, 0.15) is 17.3 Å². The van der Waals surface area contributed by atoms with Crippen molar-refractivity contribution in [3.63, 3.8) is 0 Å². The van der Waals surface area contributed by atoms with Crippen LogP contribution in [0, 0.1) is 0 Å². The van der Waals surface area contributed by atoms with Gasteiger partial charge in [-0.25, -0.2) is 4.98 Å². The predicted molar refractivity (Wildman–Crippen MR) is 103 cm³/mol. The van der Waals surface area contributed by atoms with Crippen LogP contribution in [0.2, 0.25) is 0 Å². The minimum absolute atomic E-state index is 0.0643. The van der Waals surface area contributed by atoms with Crippen molar-refractivity contribution in [3.8, 4) is 0 Å². The number of anilines is 2. The number of rotatable bonds is 6. The summed E-state index contributed by atoms with van der Waals surface area (Å²) in [6, 6.07) is 9.15. The van der Waals surface area contributed by atoms with Gasteiger partial charge in [-0.15, -0.1) is 0 Å². The summed E-state index contributed by atoms with van der Waals surface area (Å²) in [7, 11) is 0. The Morgan fingerprint density at radius 3 is 2.92 bits per heavy atom. The first-order valence-corrected chi connectivity index (χ1v) is 8.87. The molecule has 0 saturated carbocycles. The van der Waals surface area contributed by atoms with Gasteiger partial charge in [0, 0.05) is 29.1 Å². The summed E-state index contributed by atoms with van der Waals surface area (Å²) in [5, 5.41) is 4.29. The second kappa shape index (κ2) is 7.54. The number of H-pyrrole nitrogens is 1. The molecule has 134 valence electrons. The van der Waals surface area contributed by atoms with E-state index in [4.69, 9.17) is 11.5 Å². The van der Waals surface area contributed by atoms with Gasteiger partial charge < -0.3 is 21.8 Å². The summed E-state index contributed by atoms with van der Waals surface area (Å²) in [5.74, 6) is -0.177. The third-order valence-electron chi connectivity index (χ3n) is 3.49. The number of hydrogen-bond donors (Lipinski definition) is 4. The average molecular weight is 370 g/mol. The van der Waals surface area contributed by atoms with Gasteiger partial charge >= 0.3 is 0 Å². The number of amides is 1. The van der Waals surface area contributed by atoms with E-state index in [0.29, 0.717) is 16.6 Å². The lowest BCUT2D eigenvalue weighted by Crippen LogP contribution is -2.27. The molecule has 0 aliphatic rings. The number of primary amides is 1. The Morgan fingerprint density at radius 2 is 2.19 bits per heavy atom. The van der Waals surface area contributed by atoms with Crippen molar-refractivity contribution < 1.29 is 4.79 Å². The molecule has 3 aromatic rings. The van der Waals surface area contributed by atoms with Gasteiger partial charge in [0.05, 0.1) is 5.52 Å². The van der Waals surface area contributed by atoms with Crippen molar-refractivity contribution in [2.45, 2.75) is 18.1 Å². The van der Waals surface area contributed by atoms with Gasteiger partial charge in [-0.05, 0) is 31.2 Å². The van der Waals surface area contributed by atoms with Crippen LogP contribution in [-0.4, -0.2) is 32.7 Å². The van der Waals surface area contributed by atoms with E-state index in [2.05, 4.69) is 20.3 Å². The quantitative estimate of drug-likeness (QED) is 0.381. The Hall–Kier alpha value is -2.91. The van der Waals surface area contributed by atoms with Crippen molar-refractivity contribution in [2.24, 2.45) is 11.5 Å². The highest BCUT2D eigenvalue weighted by molar-refractivity contribution is 7.99. The largest absolute Gasteiger partial charge is 0.365 e. The molecule has 0 aliphatic carbocycles. The van der Waals surface area contributed by atoms with E-state index in [1.54, 1.807) is 12.3 Å². The van der Waals surface area contributed by atoms with Crippen molar-refractivity contribution in [1.29, 1.82) is 0 Å². The Morgan fingerprint density at radius 1 is 1.38 bits per heavy atom. The lowest BCUT2D eigenvalue weighted by atomic mass is 10.2. The number of nitrogens with one attached hydrogen (secondary N) is 2. The number of nitrogens with two attached hydrogens (primary N) is 2. The molecule has 0 aliphatic heterocycles. The Bertz CT molecular complexity index is 1020. The van der Waals surface area contributed by atoms with E-state index >= 15 is 0 Å². The molecule has 2 aromatic heterocycles. The normalized spacial score (nSPS) is 12.1. The summed E-state index contributed by atoms with van der Waals surface area (Å²) in [4.78, 5) is 35.1. The molecule has 1 amide bonds. The first kappa shape index (κ1) is 17.9. The third kappa shape index (κ3) is 4.01. The monoisotopic (exact) mass is 370 g/mol. The molecular formula is C17H18N6O2S. The number of benzene rings is 1. The minimum Gasteiger partial charge on any atom is -0.365 e. The average Bonchev–Trinajstić information content (AvgIpc) is 2.59. The summed E-state index contributed by atoms with van der Waals surface area (Å²) in [6.07, 6.45) is 1.71. The van der Waals surface area contributed by atoms with Gasteiger partial charge in [-0.1, -0.05) is 17.8 Å². The van der Waals surface area contributed by atoms with Crippen LogP contribution in [0.5, 0.6) is 0 Å². The van der Waals surface area contributed by atoms with Gasteiger partial charge in [0.15, 0.2) is 11.0 Å². The Balaban J connectivity index is 2.00. The van der Waals surface area contributed by atoms with Crippen LogP contribution in [0.3, 0.4) is 0 Å². The molecule has 0 spiro atoms. The summed E-state index contributed by atoms with van der Waals surface area (Å²) < 4.78 is 0. The maximum Gasteiger partial charge on any atom is 0.266 e. The highest BCUT2D eigenvalue weighted by Crippen LogP contribution is 2.23. The molecule has 6 N–H and O–H groups in total. The van der Waals surface area contributed by atoms with Crippen LogP contribution in [0.4, 0.5) is 11.5 Å². The molecule has 9 heteroatoms. The number of hydrogen-bond acceptors (Lipinski definition) is 7. The zero-order valence-electron chi connectivity index (χ0n) is 14.0. The zero-order chi connectivity index (χ0) is 18.7. The number of thioether (sulfide) groups is 1. The highest BCUT2D eigenvalue weighted by Gasteiger charge is 2.17. The van der Waals surface area contributed by atoms with Crippen LogP contribution >= 0.6 is 11.8 Å². The van der Waals surface area contributed by atoms with Crippen LogP contribution in [0.25, 0.3) is 10.9 Å². The number of aromatic nitrogens is 3. The Labute approximate surface area is 153 Å². The van der Waals surface area contributed by atoms with Crippen LogP contribution in [0.15, 0.2) is 46.5 Å². The van der Waals surface area contributed by atoms with Crippen molar-refractivity contribution >= 4 is 40.1 Å². The third-order valence-corrected chi connectivity index (χ3v) is 4.65. The molecule has 1 aromatic carbocycles. The molecule has 3 rings (SSSR count). The second-order valence-corrected chi connectivity index (χ2v) is 6.79. The topological polar surface area (TPSA) is 140 Å². The van der Waals surface area contributed by atoms with Crippen LogP contribution < -0.4 is 22.3 Å². The Kier molecular flexibility index (Phi) is 5.19. The SMILES string of the molecule is CC(N)CSc1nc(Nc2ccc3ncccc3c2)c(C(N)=O)c(=O)[nH]1. The number of nitrogens with zero attached hydrogens (tertiary/aromatic N) is 2. The number of pyridine rings is 1. The van der Waals surface area contributed by atoms with Gasteiger partial charge in [0.25, 0.3) is 11.5 Å². The van der Waals surface area contributed by atoms with Gasteiger partial charge in [-0.2, -0.15) is 0 Å². The van der Waals surface area contributed by atoms with Crippen molar-refractivity contribution in [2.75, 3.05) is 11.1 Å². The highest BCUT2D eigenvalue weighted by atomic mass is 32.2. The first-order chi connectivity index (χ1) is 12.4. The molecule has 0 saturated heterocycles.